The molecule has 1 fully saturated rings. The van der Waals surface area contributed by atoms with Crippen molar-refractivity contribution in [3.63, 3.8) is 0 Å². The summed E-state index contributed by atoms with van der Waals surface area (Å²) in [5, 5.41) is 6.21. The first-order valence-corrected chi connectivity index (χ1v) is 14.0. The van der Waals surface area contributed by atoms with Gasteiger partial charge in [0.1, 0.15) is 17.2 Å². The minimum Gasteiger partial charge on any atom is -0.497 e. The van der Waals surface area contributed by atoms with Crippen LogP contribution in [0.15, 0.2) is 48.7 Å². The summed E-state index contributed by atoms with van der Waals surface area (Å²) < 4.78 is 10.8. The Morgan fingerprint density at radius 2 is 1.80 bits per heavy atom. The van der Waals surface area contributed by atoms with Crippen molar-refractivity contribution in [2.75, 3.05) is 42.9 Å². The molecular weight excluding hydrogens is 520 g/mol. The number of hydrogen-bond donors (Lipinski definition) is 2. The van der Waals surface area contributed by atoms with Crippen molar-refractivity contribution in [1.82, 2.24) is 15.3 Å². The monoisotopic (exact) mass is 558 g/mol. The lowest BCUT2D eigenvalue weighted by molar-refractivity contribution is -0.125. The van der Waals surface area contributed by atoms with Gasteiger partial charge >= 0.3 is 0 Å². The van der Waals surface area contributed by atoms with Crippen LogP contribution in [0.3, 0.4) is 0 Å². The molecule has 5 rings (SSSR count). The molecule has 0 atom stereocenters. The number of carbonyl (C=O) groups is 2. The fourth-order valence-corrected chi connectivity index (χ4v) is 5.61. The Labute approximate surface area is 241 Å². The number of fused-ring (bicyclic) bond motifs is 1. The molecule has 2 amide bonds. The number of nitrogens with zero attached hydrogens (tertiary/aromatic N) is 4. The van der Waals surface area contributed by atoms with E-state index in [2.05, 4.69) is 20.5 Å². The van der Waals surface area contributed by atoms with Crippen LogP contribution in [0.25, 0.3) is 0 Å². The van der Waals surface area contributed by atoms with Crippen LogP contribution in [0.1, 0.15) is 55.5 Å². The standard InChI is InChI=1S/C31H38N6O4/c1-31(2)19-37(22-8-6-7-9-22)27-25(36(3)29(31)39)18-33-30(35-27)34-24-15-12-21(16-26(24)41-5)28(38)32-17-20-10-13-23(40-4)14-11-20/h10-16,18,22H,6-9,17,19H2,1-5H3,(H,32,38)(H,33,34,35). The molecule has 2 aliphatic rings. The Hall–Kier alpha value is -4.34. The summed E-state index contributed by atoms with van der Waals surface area (Å²) >= 11 is 0. The number of benzene rings is 2. The molecule has 2 heterocycles. The molecular formula is C31H38N6O4. The first kappa shape index (κ1) is 28.2. The number of amides is 2. The average molecular weight is 559 g/mol. The Morgan fingerprint density at radius 1 is 1.07 bits per heavy atom. The lowest BCUT2D eigenvalue weighted by Gasteiger charge is -2.34. The van der Waals surface area contributed by atoms with E-state index in [1.807, 2.05) is 38.1 Å². The molecule has 0 radical (unpaired) electrons. The first-order chi connectivity index (χ1) is 19.7. The molecule has 3 aromatic rings. The molecule has 41 heavy (non-hydrogen) atoms. The Balaban J connectivity index is 1.36. The molecule has 10 nitrogen and oxygen atoms in total. The summed E-state index contributed by atoms with van der Waals surface area (Å²) in [5.74, 6) is 2.23. The van der Waals surface area contributed by atoms with Gasteiger partial charge in [-0.2, -0.15) is 4.98 Å². The highest BCUT2D eigenvalue weighted by molar-refractivity contribution is 6.01. The van der Waals surface area contributed by atoms with Crippen molar-refractivity contribution < 1.29 is 19.1 Å². The van der Waals surface area contributed by atoms with Gasteiger partial charge in [-0.3, -0.25) is 9.59 Å². The lowest BCUT2D eigenvalue weighted by atomic mass is 9.91. The number of carbonyl (C=O) groups excluding carboxylic acids is 2. The molecule has 0 bridgehead atoms. The van der Waals surface area contributed by atoms with Crippen LogP contribution >= 0.6 is 0 Å². The van der Waals surface area contributed by atoms with Crippen LogP contribution in [-0.2, 0) is 11.3 Å². The fourth-order valence-electron chi connectivity index (χ4n) is 5.61. The Kier molecular flexibility index (Phi) is 8.01. The van der Waals surface area contributed by atoms with E-state index >= 15 is 0 Å². The fraction of sp³-hybridized carbons (Fsp3) is 0.419. The third-order valence-corrected chi connectivity index (χ3v) is 7.92. The average Bonchev–Trinajstić information content (AvgIpc) is 3.51. The predicted octanol–water partition coefficient (Wildman–Crippen LogP) is 4.92. The minimum atomic E-state index is -0.557. The zero-order valence-corrected chi connectivity index (χ0v) is 24.4. The molecule has 1 aliphatic heterocycles. The van der Waals surface area contributed by atoms with Gasteiger partial charge in [-0.15, -0.1) is 0 Å². The lowest BCUT2D eigenvalue weighted by Crippen LogP contribution is -2.45. The van der Waals surface area contributed by atoms with Crippen molar-refractivity contribution in [2.24, 2.45) is 5.41 Å². The third-order valence-electron chi connectivity index (χ3n) is 7.92. The van der Waals surface area contributed by atoms with E-state index in [1.165, 1.54) is 12.8 Å². The predicted molar refractivity (Wildman–Crippen MR) is 159 cm³/mol. The normalized spacial score (nSPS) is 16.7. The molecule has 10 heteroatoms. The highest BCUT2D eigenvalue weighted by Crippen LogP contribution is 2.40. The van der Waals surface area contributed by atoms with Crippen LogP contribution < -0.4 is 29.9 Å². The summed E-state index contributed by atoms with van der Waals surface area (Å²) in [5.41, 5.74) is 2.21. The van der Waals surface area contributed by atoms with E-state index in [0.717, 1.165) is 30.0 Å². The van der Waals surface area contributed by atoms with Gasteiger partial charge < -0.3 is 29.9 Å². The minimum absolute atomic E-state index is 0.0473. The van der Waals surface area contributed by atoms with Crippen LogP contribution in [0.4, 0.5) is 23.1 Å². The second kappa shape index (κ2) is 11.6. The maximum atomic E-state index is 13.3. The molecule has 2 N–H and O–H groups in total. The maximum absolute atomic E-state index is 13.3. The number of hydrogen-bond acceptors (Lipinski definition) is 8. The van der Waals surface area contributed by atoms with E-state index in [-0.39, 0.29) is 11.8 Å². The van der Waals surface area contributed by atoms with Gasteiger partial charge in [-0.05, 0) is 62.6 Å². The van der Waals surface area contributed by atoms with E-state index in [1.54, 1.807) is 50.6 Å². The van der Waals surface area contributed by atoms with Crippen molar-refractivity contribution in [3.05, 3.63) is 59.8 Å². The highest BCUT2D eigenvalue weighted by atomic mass is 16.5. The van der Waals surface area contributed by atoms with E-state index in [4.69, 9.17) is 14.5 Å². The molecule has 216 valence electrons. The second-order valence-electron chi connectivity index (χ2n) is 11.3. The molecule has 1 saturated carbocycles. The zero-order chi connectivity index (χ0) is 29.1. The molecule has 2 aromatic carbocycles. The van der Waals surface area contributed by atoms with Crippen LogP contribution in [0.2, 0.25) is 0 Å². The number of ether oxygens (including phenoxy) is 2. The first-order valence-electron chi connectivity index (χ1n) is 14.0. The molecule has 0 spiro atoms. The van der Waals surface area contributed by atoms with Crippen molar-refractivity contribution in [1.29, 1.82) is 0 Å². The van der Waals surface area contributed by atoms with Gasteiger partial charge in [0.05, 0.1) is 31.5 Å². The number of anilines is 4. The van der Waals surface area contributed by atoms with Gasteiger partial charge in [0, 0.05) is 31.7 Å². The summed E-state index contributed by atoms with van der Waals surface area (Å²) in [7, 11) is 4.97. The number of methoxy groups -OCH3 is 2. The number of rotatable bonds is 8. The number of nitrogens with one attached hydrogen (secondary N) is 2. The van der Waals surface area contributed by atoms with Crippen molar-refractivity contribution in [2.45, 2.75) is 52.1 Å². The van der Waals surface area contributed by atoms with E-state index in [0.29, 0.717) is 47.8 Å². The summed E-state index contributed by atoms with van der Waals surface area (Å²) in [6.07, 6.45) is 6.22. The largest absolute Gasteiger partial charge is 0.497 e. The van der Waals surface area contributed by atoms with E-state index < -0.39 is 5.41 Å². The molecule has 1 aliphatic carbocycles. The van der Waals surface area contributed by atoms with Crippen LogP contribution in [-0.4, -0.2) is 55.6 Å². The van der Waals surface area contributed by atoms with Crippen LogP contribution in [0, 0.1) is 5.41 Å². The van der Waals surface area contributed by atoms with E-state index in [9.17, 15) is 9.59 Å². The summed E-state index contributed by atoms with van der Waals surface area (Å²) in [4.78, 5) is 39.6. The highest BCUT2D eigenvalue weighted by Gasteiger charge is 2.41. The van der Waals surface area contributed by atoms with Crippen molar-refractivity contribution in [3.8, 4) is 11.5 Å². The van der Waals surface area contributed by atoms with Gasteiger partial charge in [0.2, 0.25) is 11.9 Å². The SMILES string of the molecule is COc1ccc(CNC(=O)c2ccc(Nc3ncc4c(n3)N(C3CCCC3)CC(C)(C)C(=O)N4C)c(OC)c2)cc1. The third kappa shape index (κ3) is 5.91. The topological polar surface area (TPSA) is 109 Å². The quantitative estimate of drug-likeness (QED) is 0.401. The van der Waals surface area contributed by atoms with Gasteiger partial charge in [0.25, 0.3) is 5.91 Å². The molecule has 1 aromatic heterocycles. The smallest absolute Gasteiger partial charge is 0.251 e. The van der Waals surface area contributed by atoms with Crippen LogP contribution in [0.5, 0.6) is 11.5 Å². The van der Waals surface area contributed by atoms with Gasteiger partial charge in [0.15, 0.2) is 5.82 Å². The molecule has 0 unspecified atom stereocenters. The maximum Gasteiger partial charge on any atom is 0.251 e. The Morgan fingerprint density at radius 3 is 2.49 bits per heavy atom. The van der Waals surface area contributed by atoms with Crippen molar-refractivity contribution >= 4 is 35.0 Å². The van der Waals surface area contributed by atoms with Gasteiger partial charge in [-0.25, -0.2) is 4.98 Å². The number of aromatic nitrogens is 2. The summed E-state index contributed by atoms with van der Waals surface area (Å²) in [6.45, 7) is 4.96. The summed E-state index contributed by atoms with van der Waals surface area (Å²) in [6, 6.07) is 13.1. The second-order valence-corrected chi connectivity index (χ2v) is 11.3. The van der Waals surface area contributed by atoms with Gasteiger partial charge in [-0.1, -0.05) is 25.0 Å². The zero-order valence-electron chi connectivity index (χ0n) is 24.4. The molecule has 0 saturated heterocycles. The Bertz CT molecular complexity index is 1420.